The molecule has 2 heteroatoms. The third-order valence-electron chi connectivity index (χ3n) is 2.26. The Bertz CT molecular complexity index is 272. The van der Waals surface area contributed by atoms with Crippen LogP contribution >= 0.6 is 0 Å². The highest BCUT2D eigenvalue weighted by Crippen LogP contribution is 2.31. The quantitative estimate of drug-likeness (QED) is 0.563. The second kappa shape index (κ2) is 2.32. The van der Waals surface area contributed by atoms with Crippen LogP contribution in [-0.2, 0) is 6.54 Å². The molecule has 0 saturated carbocycles. The summed E-state index contributed by atoms with van der Waals surface area (Å²) in [6, 6.07) is 8.05. The molecule has 0 bridgehead atoms. The van der Waals surface area contributed by atoms with Gasteiger partial charge in [0.15, 0.2) is 0 Å². The Morgan fingerprint density at radius 2 is 2.18 bits per heavy atom. The number of fused-ring (bicyclic) bond motifs is 1. The molecule has 2 nitrogen and oxygen atoms in total. The van der Waals surface area contributed by atoms with E-state index >= 15 is 0 Å². The first kappa shape index (κ1) is 6.83. The van der Waals surface area contributed by atoms with Crippen LogP contribution in [-0.4, -0.2) is 5.06 Å². The van der Waals surface area contributed by atoms with E-state index < -0.39 is 0 Å². The van der Waals surface area contributed by atoms with E-state index in [0.717, 1.165) is 5.06 Å². The van der Waals surface area contributed by atoms with Crippen molar-refractivity contribution in [1.82, 2.24) is 5.06 Å². The van der Waals surface area contributed by atoms with Crippen molar-refractivity contribution in [2.24, 2.45) is 0 Å². The number of hydroxylamine groups is 2. The van der Waals surface area contributed by atoms with Gasteiger partial charge in [-0.25, -0.2) is 0 Å². The number of benzene rings is 1. The lowest BCUT2D eigenvalue weighted by Gasteiger charge is -2.27. The zero-order valence-electron chi connectivity index (χ0n) is 6.45. The Morgan fingerprint density at radius 3 is 2.91 bits per heavy atom. The SMILES string of the molecule is CC1c2ccccc2CN1[O-]. The summed E-state index contributed by atoms with van der Waals surface area (Å²) < 4.78 is 0. The molecular weight excluding hydrogens is 138 g/mol. The summed E-state index contributed by atoms with van der Waals surface area (Å²) in [5.41, 5.74) is 2.36. The van der Waals surface area contributed by atoms with E-state index in [9.17, 15) is 5.21 Å². The number of nitrogens with zero attached hydrogens (tertiary/aromatic N) is 1. The van der Waals surface area contributed by atoms with Gasteiger partial charge in [0.25, 0.3) is 0 Å². The van der Waals surface area contributed by atoms with Gasteiger partial charge in [0, 0.05) is 12.6 Å². The minimum absolute atomic E-state index is 0.0474. The van der Waals surface area contributed by atoms with Crippen LogP contribution in [0.2, 0.25) is 0 Å². The van der Waals surface area contributed by atoms with Crippen molar-refractivity contribution in [2.75, 3.05) is 0 Å². The van der Waals surface area contributed by atoms with Crippen LogP contribution < -0.4 is 0 Å². The fourth-order valence-electron chi connectivity index (χ4n) is 1.55. The molecule has 11 heavy (non-hydrogen) atoms. The maximum absolute atomic E-state index is 11.1. The van der Waals surface area contributed by atoms with Crippen molar-refractivity contribution in [3.63, 3.8) is 0 Å². The maximum atomic E-state index is 11.1. The number of hydrogen-bond acceptors (Lipinski definition) is 2. The average Bonchev–Trinajstić information content (AvgIpc) is 2.30. The predicted molar refractivity (Wildman–Crippen MR) is 43.8 cm³/mol. The Kier molecular flexibility index (Phi) is 1.44. The second-order valence-electron chi connectivity index (χ2n) is 2.95. The van der Waals surface area contributed by atoms with Gasteiger partial charge in [-0.05, 0) is 18.1 Å². The van der Waals surface area contributed by atoms with E-state index in [-0.39, 0.29) is 6.04 Å². The molecule has 1 aromatic rings. The zero-order valence-corrected chi connectivity index (χ0v) is 6.45. The van der Waals surface area contributed by atoms with Crippen LogP contribution in [0.4, 0.5) is 0 Å². The Hall–Kier alpha value is -0.860. The predicted octanol–water partition coefficient (Wildman–Crippen LogP) is 2.06. The van der Waals surface area contributed by atoms with Gasteiger partial charge in [-0.2, -0.15) is 0 Å². The number of hydrogen-bond donors (Lipinski definition) is 0. The van der Waals surface area contributed by atoms with Gasteiger partial charge in [-0.1, -0.05) is 24.3 Å². The highest BCUT2D eigenvalue weighted by atomic mass is 16.5. The molecule has 0 fully saturated rings. The molecule has 0 saturated heterocycles. The van der Waals surface area contributed by atoms with Crippen molar-refractivity contribution in [1.29, 1.82) is 0 Å². The van der Waals surface area contributed by atoms with E-state index in [1.807, 2.05) is 31.2 Å². The van der Waals surface area contributed by atoms with Gasteiger partial charge in [0.1, 0.15) is 0 Å². The average molecular weight is 148 g/mol. The lowest BCUT2D eigenvalue weighted by Crippen LogP contribution is -2.10. The standard InChI is InChI=1S/C9H10NO/c1-7-9-5-3-2-4-8(9)6-10(7)11/h2-5,7H,6H2,1H3/q-1. The van der Waals surface area contributed by atoms with Gasteiger partial charge < -0.3 is 10.3 Å². The monoisotopic (exact) mass is 148 g/mol. The smallest absolute Gasteiger partial charge is 0.0208 e. The molecule has 0 N–H and O–H groups in total. The minimum Gasteiger partial charge on any atom is -0.784 e. The molecule has 58 valence electrons. The van der Waals surface area contributed by atoms with Crippen molar-refractivity contribution >= 4 is 0 Å². The first-order valence-corrected chi connectivity index (χ1v) is 3.80. The fraction of sp³-hybridized carbons (Fsp3) is 0.333. The van der Waals surface area contributed by atoms with Crippen LogP contribution in [0, 0.1) is 5.21 Å². The first-order chi connectivity index (χ1) is 5.29. The van der Waals surface area contributed by atoms with Crippen LogP contribution in [0.1, 0.15) is 24.1 Å². The fourth-order valence-corrected chi connectivity index (χ4v) is 1.55. The third-order valence-corrected chi connectivity index (χ3v) is 2.26. The van der Waals surface area contributed by atoms with Crippen molar-refractivity contribution in [3.05, 3.63) is 40.6 Å². The molecule has 0 radical (unpaired) electrons. The summed E-state index contributed by atoms with van der Waals surface area (Å²) in [4.78, 5) is 0. The van der Waals surface area contributed by atoms with Crippen molar-refractivity contribution in [3.8, 4) is 0 Å². The molecule has 1 aliphatic rings. The molecule has 1 aliphatic heterocycles. The van der Waals surface area contributed by atoms with Gasteiger partial charge in [0.05, 0.1) is 0 Å². The molecule has 0 spiro atoms. The first-order valence-electron chi connectivity index (χ1n) is 3.80. The van der Waals surface area contributed by atoms with Crippen molar-refractivity contribution in [2.45, 2.75) is 19.5 Å². The summed E-state index contributed by atoms with van der Waals surface area (Å²) in [5, 5.41) is 12.3. The van der Waals surface area contributed by atoms with Crippen LogP contribution in [0.15, 0.2) is 24.3 Å². The Balaban J connectivity index is 2.47. The highest BCUT2D eigenvalue weighted by Gasteiger charge is 2.18. The van der Waals surface area contributed by atoms with E-state index in [0.29, 0.717) is 6.54 Å². The van der Waals surface area contributed by atoms with Gasteiger partial charge in [-0.15, -0.1) is 0 Å². The summed E-state index contributed by atoms with van der Waals surface area (Å²) in [7, 11) is 0. The lowest BCUT2D eigenvalue weighted by molar-refractivity contribution is 0.328. The van der Waals surface area contributed by atoms with Crippen LogP contribution in [0.3, 0.4) is 0 Å². The Morgan fingerprint density at radius 1 is 1.45 bits per heavy atom. The van der Waals surface area contributed by atoms with E-state index in [4.69, 9.17) is 0 Å². The molecule has 2 rings (SSSR count). The topological polar surface area (TPSA) is 26.3 Å². The van der Waals surface area contributed by atoms with E-state index in [1.54, 1.807) is 0 Å². The zero-order chi connectivity index (χ0) is 7.84. The van der Waals surface area contributed by atoms with E-state index in [2.05, 4.69) is 0 Å². The summed E-state index contributed by atoms with van der Waals surface area (Å²) in [6.45, 7) is 2.50. The van der Waals surface area contributed by atoms with Crippen molar-refractivity contribution < 1.29 is 0 Å². The summed E-state index contributed by atoms with van der Waals surface area (Å²) in [5.74, 6) is 0. The highest BCUT2D eigenvalue weighted by molar-refractivity contribution is 5.33. The molecule has 1 heterocycles. The molecule has 0 aromatic heterocycles. The molecule has 0 aliphatic carbocycles. The molecule has 1 aromatic carbocycles. The second-order valence-corrected chi connectivity index (χ2v) is 2.95. The third kappa shape index (κ3) is 0.951. The minimum atomic E-state index is 0.0474. The van der Waals surface area contributed by atoms with Crippen LogP contribution in [0.25, 0.3) is 0 Å². The van der Waals surface area contributed by atoms with Gasteiger partial charge in [-0.3, -0.25) is 0 Å². The van der Waals surface area contributed by atoms with E-state index in [1.165, 1.54) is 11.1 Å². The molecular formula is C9H10NO-. The normalized spacial score (nSPS) is 23.6. The van der Waals surface area contributed by atoms with Gasteiger partial charge in [0.2, 0.25) is 0 Å². The molecule has 1 atom stereocenters. The van der Waals surface area contributed by atoms with Gasteiger partial charge >= 0.3 is 0 Å². The lowest BCUT2D eigenvalue weighted by atomic mass is 10.1. The molecule has 1 unspecified atom stereocenters. The molecule has 0 amide bonds. The summed E-state index contributed by atoms with van der Waals surface area (Å²) in [6.07, 6.45) is 0. The Labute approximate surface area is 66.0 Å². The maximum Gasteiger partial charge on any atom is 0.0208 e. The largest absolute Gasteiger partial charge is 0.784 e. The van der Waals surface area contributed by atoms with Crippen LogP contribution in [0.5, 0.6) is 0 Å². The number of rotatable bonds is 0. The summed E-state index contributed by atoms with van der Waals surface area (Å²) >= 11 is 0.